The van der Waals surface area contributed by atoms with Crippen LogP contribution in [0, 0.1) is 5.92 Å². The van der Waals surface area contributed by atoms with Gasteiger partial charge in [0.2, 0.25) is 5.91 Å². The molecule has 118 valence electrons. The highest BCUT2D eigenvalue weighted by Crippen LogP contribution is 2.32. The molecular formula is C17H28N2OS. The number of hydrogen-bond acceptors (Lipinski definition) is 3. The standard InChI is InChI=1S/C17H28N2OS/c1-13(2)16(14-8-7-11-21-14)19-15(20)12-17(18-3)9-5-4-6-10-17/h7-8,11,13,16,18H,4-6,9-10,12H2,1-3H3,(H,19,20). The van der Waals surface area contributed by atoms with Crippen LogP contribution in [0.15, 0.2) is 17.5 Å². The lowest BCUT2D eigenvalue weighted by Gasteiger charge is -2.37. The first-order valence-electron chi connectivity index (χ1n) is 8.08. The molecule has 0 aromatic carbocycles. The van der Waals surface area contributed by atoms with Crippen LogP contribution in [0.3, 0.4) is 0 Å². The van der Waals surface area contributed by atoms with Crippen LogP contribution in [-0.2, 0) is 4.79 Å². The molecule has 1 amide bonds. The molecule has 1 atom stereocenters. The fourth-order valence-corrected chi connectivity index (χ4v) is 4.26. The number of amides is 1. The molecule has 0 aliphatic heterocycles. The molecule has 2 N–H and O–H groups in total. The lowest BCUT2D eigenvalue weighted by atomic mass is 9.79. The normalized spacial score (nSPS) is 19.4. The summed E-state index contributed by atoms with van der Waals surface area (Å²) in [5, 5.41) is 8.76. The van der Waals surface area contributed by atoms with Crippen LogP contribution in [-0.4, -0.2) is 18.5 Å². The molecule has 0 bridgehead atoms. The molecule has 1 aromatic heterocycles. The second-order valence-corrected chi connectivity index (χ2v) is 7.55. The minimum Gasteiger partial charge on any atom is -0.348 e. The Morgan fingerprint density at radius 1 is 1.33 bits per heavy atom. The van der Waals surface area contributed by atoms with Crippen molar-refractivity contribution in [3.05, 3.63) is 22.4 Å². The van der Waals surface area contributed by atoms with Crippen LogP contribution >= 0.6 is 11.3 Å². The summed E-state index contributed by atoms with van der Waals surface area (Å²) in [7, 11) is 2.00. The molecule has 1 unspecified atom stereocenters. The number of carbonyl (C=O) groups is 1. The van der Waals surface area contributed by atoms with Crippen LogP contribution in [0.1, 0.15) is 63.3 Å². The van der Waals surface area contributed by atoms with Crippen molar-refractivity contribution in [1.29, 1.82) is 0 Å². The van der Waals surface area contributed by atoms with Crippen LogP contribution < -0.4 is 10.6 Å². The topological polar surface area (TPSA) is 41.1 Å². The number of rotatable bonds is 6. The molecule has 1 saturated carbocycles. The predicted octanol–water partition coefficient (Wildman–Crippen LogP) is 3.87. The summed E-state index contributed by atoms with van der Waals surface area (Å²) in [5.74, 6) is 0.586. The van der Waals surface area contributed by atoms with Gasteiger partial charge in [0.15, 0.2) is 0 Å². The van der Waals surface area contributed by atoms with Crippen molar-refractivity contribution < 1.29 is 4.79 Å². The average molecular weight is 308 g/mol. The first-order chi connectivity index (χ1) is 10.1. The monoisotopic (exact) mass is 308 g/mol. The molecule has 3 nitrogen and oxygen atoms in total. The molecular weight excluding hydrogens is 280 g/mol. The molecule has 1 aliphatic carbocycles. The molecule has 0 saturated heterocycles. The van der Waals surface area contributed by atoms with Crippen molar-refractivity contribution >= 4 is 17.2 Å². The average Bonchev–Trinajstić information content (AvgIpc) is 2.99. The summed E-state index contributed by atoms with van der Waals surface area (Å²) in [6.45, 7) is 4.33. The van der Waals surface area contributed by atoms with Crippen molar-refractivity contribution in [2.75, 3.05) is 7.05 Å². The predicted molar refractivity (Wildman–Crippen MR) is 89.5 cm³/mol. The van der Waals surface area contributed by atoms with Gasteiger partial charge in [-0.2, -0.15) is 0 Å². The summed E-state index contributed by atoms with van der Waals surface area (Å²) in [4.78, 5) is 13.8. The van der Waals surface area contributed by atoms with Gasteiger partial charge in [-0.3, -0.25) is 4.79 Å². The van der Waals surface area contributed by atoms with Crippen molar-refractivity contribution in [1.82, 2.24) is 10.6 Å². The van der Waals surface area contributed by atoms with Gasteiger partial charge in [-0.25, -0.2) is 0 Å². The van der Waals surface area contributed by atoms with E-state index >= 15 is 0 Å². The van der Waals surface area contributed by atoms with Gasteiger partial charge in [0.25, 0.3) is 0 Å². The minimum atomic E-state index is 0.0132. The van der Waals surface area contributed by atoms with Gasteiger partial charge in [0.1, 0.15) is 0 Å². The number of nitrogens with one attached hydrogen (secondary N) is 2. The zero-order valence-electron chi connectivity index (χ0n) is 13.4. The van der Waals surface area contributed by atoms with E-state index in [2.05, 4.69) is 42.0 Å². The highest BCUT2D eigenvalue weighted by atomic mass is 32.1. The van der Waals surface area contributed by atoms with E-state index in [9.17, 15) is 4.79 Å². The van der Waals surface area contributed by atoms with E-state index < -0.39 is 0 Å². The Morgan fingerprint density at radius 2 is 2.05 bits per heavy atom. The second kappa shape index (κ2) is 7.41. The summed E-state index contributed by atoms with van der Waals surface area (Å²) in [6.07, 6.45) is 6.58. The van der Waals surface area contributed by atoms with E-state index in [0.717, 1.165) is 12.8 Å². The third kappa shape index (κ3) is 4.30. The van der Waals surface area contributed by atoms with Crippen LogP contribution in [0.5, 0.6) is 0 Å². The Labute approximate surface area is 132 Å². The van der Waals surface area contributed by atoms with E-state index in [0.29, 0.717) is 12.3 Å². The van der Waals surface area contributed by atoms with Crippen LogP contribution in [0.25, 0.3) is 0 Å². The zero-order valence-corrected chi connectivity index (χ0v) is 14.3. The molecule has 21 heavy (non-hydrogen) atoms. The van der Waals surface area contributed by atoms with Crippen LogP contribution in [0.4, 0.5) is 0 Å². The van der Waals surface area contributed by atoms with Crippen molar-refractivity contribution in [3.8, 4) is 0 Å². The molecule has 0 radical (unpaired) electrons. The first kappa shape index (κ1) is 16.5. The lowest BCUT2D eigenvalue weighted by molar-refractivity contribution is -0.124. The number of hydrogen-bond donors (Lipinski definition) is 2. The fourth-order valence-electron chi connectivity index (χ4n) is 3.31. The minimum absolute atomic E-state index is 0.0132. The molecule has 1 fully saturated rings. The largest absolute Gasteiger partial charge is 0.348 e. The Balaban J connectivity index is 1.99. The van der Waals surface area contributed by atoms with Crippen molar-refractivity contribution in [3.63, 3.8) is 0 Å². The summed E-state index contributed by atoms with van der Waals surface area (Å²) in [6, 6.07) is 4.30. The third-order valence-corrected chi connectivity index (χ3v) is 5.63. The molecule has 1 aliphatic rings. The van der Waals surface area contributed by atoms with Gasteiger partial charge in [0.05, 0.1) is 6.04 Å². The summed E-state index contributed by atoms with van der Waals surface area (Å²) < 4.78 is 0. The van der Waals surface area contributed by atoms with Gasteiger partial charge in [0, 0.05) is 16.8 Å². The van der Waals surface area contributed by atoms with Gasteiger partial charge in [-0.1, -0.05) is 39.2 Å². The fraction of sp³-hybridized carbons (Fsp3) is 0.706. The van der Waals surface area contributed by atoms with E-state index in [1.54, 1.807) is 11.3 Å². The van der Waals surface area contributed by atoms with Gasteiger partial charge in [-0.05, 0) is 37.3 Å². The smallest absolute Gasteiger partial charge is 0.222 e. The van der Waals surface area contributed by atoms with Crippen LogP contribution in [0.2, 0.25) is 0 Å². The third-order valence-electron chi connectivity index (χ3n) is 4.67. The molecule has 0 spiro atoms. The Morgan fingerprint density at radius 3 is 2.57 bits per heavy atom. The maximum Gasteiger partial charge on any atom is 0.222 e. The molecule has 4 heteroatoms. The van der Waals surface area contributed by atoms with Crippen molar-refractivity contribution in [2.24, 2.45) is 5.92 Å². The van der Waals surface area contributed by atoms with E-state index in [1.165, 1.54) is 24.1 Å². The van der Waals surface area contributed by atoms with Crippen molar-refractivity contribution in [2.45, 2.75) is 64.0 Å². The van der Waals surface area contributed by atoms with Gasteiger partial charge >= 0.3 is 0 Å². The lowest BCUT2D eigenvalue weighted by Crippen LogP contribution is -2.48. The molecule has 2 rings (SSSR count). The van der Waals surface area contributed by atoms with E-state index in [-0.39, 0.29) is 17.5 Å². The maximum absolute atomic E-state index is 12.5. The van der Waals surface area contributed by atoms with E-state index in [1.807, 2.05) is 7.05 Å². The summed E-state index contributed by atoms with van der Waals surface area (Å²) in [5.41, 5.74) is 0.0132. The van der Waals surface area contributed by atoms with Gasteiger partial charge < -0.3 is 10.6 Å². The number of thiophene rings is 1. The van der Waals surface area contributed by atoms with Gasteiger partial charge in [-0.15, -0.1) is 11.3 Å². The summed E-state index contributed by atoms with van der Waals surface area (Å²) >= 11 is 1.72. The Hall–Kier alpha value is -0.870. The second-order valence-electron chi connectivity index (χ2n) is 6.57. The quantitative estimate of drug-likeness (QED) is 0.837. The highest BCUT2D eigenvalue weighted by Gasteiger charge is 2.33. The molecule has 1 aromatic rings. The van der Waals surface area contributed by atoms with E-state index in [4.69, 9.17) is 0 Å². The first-order valence-corrected chi connectivity index (χ1v) is 8.96. The number of carbonyl (C=O) groups excluding carboxylic acids is 1. The SMILES string of the molecule is CNC1(CC(=O)NC(c2cccs2)C(C)C)CCCCC1. The maximum atomic E-state index is 12.5. The zero-order chi connectivity index (χ0) is 15.3. The molecule has 1 heterocycles. The highest BCUT2D eigenvalue weighted by molar-refractivity contribution is 7.10. The Bertz CT molecular complexity index is 436. The Kier molecular flexibility index (Phi) is 5.82.